The molecule has 6 aliphatic carbocycles. The Hall–Kier alpha value is -2.75. The van der Waals surface area contributed by atoms with Crippen LogP contribution in [0.3, 0.4) is 0 Å². The minimum atomic E-state index is -4.65. The molecule has 8 unspecified atom stereocenters. The molecule has 8 atom stereocenters. The molecule has 16 nitrogen and oxygen atoms in total. The first kappa shape index (κ1) is 76.3. The molecule has 2 N–H and O–H groups in total. The Kier molecular flexibility index (Phi) is 29.7. The SMILES string of the molecule is C.C#C.CC1(C)C2CCC1(C(=O)Cl)C(=O)C2=O.CC1(C)C2CCC1(C(=O)P(=O)([O-])c1ccccc1)C(=O)C2=O.CCCl.CCI.COP(=O)(C(=O)C12CCC(C(=O)C1=O)C2(C)C)c1ccccc1.COP(OC)c1ccccc1.[2H]O.[Na+]. The second-order valence-corrected chi connectivity index (χ2v) is 29.1. The van der Waals surface area contributed by atoms with Gasteiger partial charge in [0.15, 0.2) is 5.52 Å². The zero-order valence-electron chi connectivity index (χ0n) is 48.3. The van der Waals surface area contributed by atoms with E-state index in [0.29, 0.717) is 25.7 Å². The van der Waals surface area contributed by atoms with Crippen LogP contribution in [0.25, 0.3) is 0 Å². The number of Topliss-reactive ketones (excluding diaryl/α,β-unsaturated/α-hetero) is 6. The van der Waals surface area contributed by atoms with Crippen LogP contribution in [-0.4, -0.2) is 88.1 Å². The number of halogens is 3. The number of terminal acetylenes is 1. The van der Waals surface area contributed by atoms with Gasteiger partial charge in [0.1, 0.15) is 23.6 Å². The first-order chi connectivity index (χ1) is 37.5. The van der Waals surface area contributed by atoms with Gasteiger partial charge in [-0.15, -0.1) is 24.4 Å². The van der Waals surface area contributed by atoms with Crippen molar-refractivity contribution in [2.75, 3.05) is 31.6 Å². The molecule has 0 radical (unpaired) electrons. The van der Waals surface area contributed by atoms with Crippen molar-refractivity contribution in [3.05, 3.63) is 91.0 Å². The smallest absolute Gasteiger partial charge is 0.791 e. The molecule has 6 saturated carbocycles. The van der Waals surface area contributed by atoms with Crippen molar-refractivity contribution in [2.24, 2.45) is 50.2 Å². The van der Waals surface area contributed by atoms with E-state index >= 15 is 0 Å². The van der Waals surface area contributed by atoms with Crippen LogP contribution in [-0.2, 0) is 65.9 Å². The normalized spacial score (nSPS) is 26.3. The van der Waals surface area contributed by atoms with Crippen LogP contribution in [0.1, 0.15) is 103 Å². The molecule has 0 aliphatic heterocycles. The molecule has 0 spiro atoms. The average Bonchev–Trinajstić information content (AvgIpc) is 4.15. The van der Waals surface area contributed by atoms with E-state index in [2.05, 4.69) is 42.4 Å². The van der Waals surface area contributed by atoms with Gasteiger partial charge in [0.05, 0.1) is 0 Å². The number of rotatable bonds is 11. The topological polar surface area (TPSA) is 270 Å². The van der Waals surface area contributed by atoms with E-state index in [9.17, 15) is 57.2 Å². The molecule has 0 amide bonds. The monoisotopic (exact) mass is 1340 g/mol. The summed E-state index contributed by atoms with van der Waals surface area (Å²) in [5, 5.41) is 0.586. The molecule has 0 heterocycles. The van der Waals surface area contributed by atoms with Crippen LogP contribution in [0.15, 0.2) is 91.0 Å². The number of carbonyl (C=O) groups excluding carboxylic acids is 9. The number of fused-ring (bicyclic) bond motifs is 6. The number of ketones is 6. The fourth-order valence-electron chi connectivity index (χ4n) is 12.1. The minimum Gasteiger partial charge on any atom is -0.791 e. The summed E-state index contributed by atoms with van der Waals surface area (Å²) in [5.74, 6) is -4.22. The number of hydrogen-bond acceptors (Lipinski definition) is 15. The van der Waals surface area contributed by atoms with Gasteiger partial charge in [0.2, 0.25) is 55.3 Å². The molecule has 0 saturated heterocycles. The Morgan fingerprint density at radius 1 is 0.642 bits per heavy atom. The number of benzene rings is 3. The summed E-state index contributed by atoms with van der Waals surface area (Å²) in [5.41, 5.74) is -2.44. The van der Waals surface area contributed by atoms with E-state index in [1.165, 1.54) is 35.8 Å². The van der Waals surface area contributed by atoms with Gasteiger partial charge in [-0.25, -0.2) is 0 Å². The van der Waals surface area contributed by atoms with Crippen molar-refractivity contribution in [1.29, 1.82) is 0 Å². The van der Waals surface area contributed by atoms with E-state index in [4.69, 9.17) is 43.7 Å². The van der Waals surface area contributed by atoms with Crippen molar-refractivity contribution in [1.82, 2.24) is 0 Å². The molecule has 0 aromatic heterocycles. The maximum absolute atomic E-state index is 13.4. The second kappa shape index (κ2) is 31.6. The number of alkyl halides is 2. The molecule has 6 aliphatic rings. The van der Waals surface area contributed by atoms with Gasteiger partial charge in [-0.2, -0.15) is 0 Å². The van der Waals surface area contributed by atoms with Crippen LogP contribution in [0.4, 0.5) is 0 Å². The van der Waals surface area contributed by atoms with Gasteiger partial charge in [-0.3, -0.25) is 47.7 Å². The van der Waals surface area contributed by atoms with Crippen molar-refractivity contribution >= 4 is 136 Å². The van der Waals surface area contributed by atoms with E-state index < -0.39 is 118 Å². The summed E-state index contributed by atoms with van der Waals surface area (Å²) in [6.07, 6.45) is 10.3. The Balaban J connectivity index is 0.00000103. The van der Waals surface area contributed by atoms with E-state index in [-0.39, 0.29) is 66.4 Å². The van der Waals surface area contributed by atoms with Crippen LogP contribution in [0, 0.1) is 63.1 Å². The van der Waals surface area contributed by atoms with Gasteiger partial charge in [0, 0.05) is 60.9 Å². The summed E-state index contributed by atoms with van der Waals surface area (Å²) in [7, 11) is -4.88. The number of hydrogen-bond donors (Lipinski definition) is 0. The maximum Gasteiger partial charge on any atom is 1.00 e. The maximum atomic E-state index is 13.4. The van der Waals surface area contributed by atoms with Crippen LogP contribution < -0.4 is 50.4 Å². The molecule has 3 aromatic carbocycles. The van der Waals surface area contributed by atoms with Crippen LogP contribution in [0.5, 0.6) is 0 Å². The van der Waals surface area contributed by atoms with E-state index in [1.807, 2.05) is 37.3 Å². The number of carbonyl (C=O) groups is 9. The third kappa shape index (κ3) is 13.6. The van der Waals surface area contributed by atoms with Gasteiger partial charge >= 0.3 is 29.6 Å². The van der Waals surface area contributed by atoms with Crippen molar-refractivity contribution < 1.29 is 107 Å². The Morgan fingerprint density at radius 3 is 1.20 bits per heavy atom. The van der Waals surface area contributed by atoms with E-state index in [1.54, 1.807) is 92.2 Å². The molecule has 6 bridgehead atoms. The molecule has 81 heavy (non-hydrogen) atoms. The third-order valence-electron chi connectivity index (χ3n) is 16.5. The van der Waals surface area contributed by atoms with Gasteiger partial charge in [-0.05, 0) is 95.1 Å². The Morgan fingerprint density at radius 2 is 0.926 bits per heavy atom. The summed E-state index contributed by atoms with van der Waals surface area (Å²) >= 11 is 12.8. The average molecular weight is 1340 g/mol. The van der Waals surface area contributed by atoms with Gasteiger partial charge < -0.3 is 28.5 Å². The Labute approximate surface area is 525 Å². The first-order valence-corrected chi connectivity index (χ1v) is 31.9. The quantitative estimate of drug-likeness (QED) is 0.0294. The summed E-state index contributed by atoms with van der Waals surface area (Å²) < 4.78 is 47.4. The Bertz CT molecular complexity index is 2870. The van der Waals surface area contributed by atoms with Gasteiger partial charge in [-0.1, -0.05) is 152 Å². The molecule has 3 aromatic rings. The van der Waals surface area contributed by atoms with Crippen LogP contribution >= 0.6 is 68.9 Å². The second-order valence-electron chi connectivity index (χ2n) is 20.6. The predicted octanol–water partition coefficient (Wildman–Crippen LogP) is 6.38. The predicted molar refractivity (Wildman–Crippen MR) is 320 cm³/mol. The largest absolute Gasteiger partial charge is 1.00 e. The summed E-state index contributed by atoms with van der Waals surface area (Å²) in [4.78, 5) is 123. The first-order valence-electron chi connectivity index (χ1n) is 25.4. The van der Waals surface area contributed by atoms with Gasteiger partial charge in [0.25, 0.3) is 7.37 Å². The summed E-state index contributed by atoms with van der Waals surface area (Å²) in [6.45, 7) is 14.4. The summed E-state index contributed by atoms with van der Waals surface area (Å²) in [6, 6.07) is 25.5. The fourth-order valence-corrected chi connectivity index (χ4v) is 17.5. The van der Waals surface area contributed by atoms with Crippen LogP contribution in [0.2, 0.25) is 0 Å². The molecule has 6 fully saturated rings. The van der Waals surface area contributed by atoms with Crippen molar-refractivity contribution in [2.45, 2.75) is 101 Å². The molecule has 9 rings (SSSR count). The molecular weight excluding hydrogens is 1270 g/mol. The fraction of sp³-hybridized carbons (Fsp3) is 0.500. The standard InChI is InChI=1S/C17H19O5P.C16H17O5P.C10H11ClO3.C8H11O2P.C2H5Cl.C2H5I.C2H2.CH4.Na.H2O/c1-16(2)12-9-10-17(16,14(19)13(12)18)15(20)23(21,22-3)11-7-5-4-6-8-11;1-15(2)11-8-9-16(15,13(18)12(11)17)14(19)22(20,21)10-6-4-3-5-7-10;1-9(2)5-3-4-10(9,8(11)14)7(13)6(5)12;1-9-11(10-2)8-6-4-3-5-7-8;2*1-2-3;1-2;;;/h4-8,12H,9-10H2,1-3H3;3-7,11H,8-9H2,1-2H3,(H,20,21);5H,3-4H2,1-2H3;3-7H,1-2H3;2*2H2,1H3;1-2H;1H4;;1H2/q;;;;;;;;+1;/p-1/i/hD. The molecule has 440 valence electrons. The zero-order chi connectivity index (χ0) is 61.6. The van der Waals surface area contributed by atoms with Crippen molar-refractivity contribution in [3.63, 3.8) is 0 Å². The molecular formula is C58H75Cl2INaO16P3. The van der Waals surface area contributed by atoms with Crippen molar-refractivity contribution in [3.8, 4) is 12.8 Å². The van der Waals surface area contributed by atoms with E-state index in [0.717, 1.165) is 11.2 Å². The zero-order valence-corrected chi connectivity index (χ0v) is 55.6. The third-order valence-corrected chi connectivity index (χ3v) is 22.5. The minimum absolute atomic E-state index is 0. The molecule has 23 heteroatoms.